The van der Waals surface area contributed by atoms with Gasteiger partial charge in [0.05, 0.1) is 0 Å². The summed E-state index contributed by atoms with van der Waals surface area (Å²) in [4.78, 5) is 25.7. The van der Waals surface area contributed by atoms with Gasteiger partial charge in [0.2, 0.25) is 0 Å². The van der Waals surface area contributed by atoms with E-state index in [1.165, 1.54) is 0 Å². The van der Waals surface area contributed by atoms with Gasteiger partial charge < -0.3 is 0 Å². The van der Waals surface area contributed by atoms with Crippen LogP contribution in [-0.2, 0) is 0 Å². The molecule has 0 aliphatic carbocycles. The summed E-state index contributed by atoms with van der Waals surface area (Å²) in [5, 5.41) is 0. The van der Waals surface area contributed by atoms with E-state index >= 15 is 0 Å². The second kappa shape index (κ2) is 5.03. The van der Waals surface area contributed by atoms with Gasteiger partial charge in [-0.05, 0) is 0 Å². The first-order valence-electron chi connectivity index (χ1n) is 3.73. The van der Waals surface area contributed by atoms with E-state index in [9.17, 15) is 0 Å². The molecule has 0 amide bonds. The average Bonchev–Trinajstić information content (AvgIpc) is 1.78. The molecule has 0 aliphatic rings. The molecule has 4 heteroatoms. The van der Waals surface area contributed by atoms with Crippen molar-refractivity contribution in [3.63, 3.8) is 0 Å². The van der Waals surface area contributed by atoms with Crippen LogP contribution in [0.25, 0.3) is 0 Å². The second-order valence-corrected chi connectivity index (χ2v) is 4.63. The van der Waals surface area contributed by atoms with Gasteiger partial charge in [-0.15, -0.1) is 0 Å². The molecule has 0 spiro atoms. The summed E-state index contributed by atoms with van der Waals surface area (Å²) in [6.45, 7) is 2.08. The van der Waals surface area contributed by atoms with E-state index in [1.807, 2.05) is 0 Å². The fraction of sp³-hybridized carbons (Fsp3) is 1.00. The number of rotatable bonds is 5. The van der Waals surface area contributed by atoms with Gasteiger partial charge in [0.1, 0.15) is 0 Å². The van der Waals surface area contributed by atoms with Crippen molar-refractivity contribution in [3.05, 3.63) is 0 Å². The molecule has 10 heavy (non-hydrogen) atoms. The average molecular weight is 168 g/mol. The van der Waals surface area contributed by atoms with Crippen LogP contribution in [0.4, 0.5) is 0 Å². The zero-order valence-corrected chi connectivity index (χ0v) is 7.38. The molecule has 0 fully saturated rings. The Hall–Kier alpha value is 0.310. The SMILES string of the molecule is CCCCCC[PH](O)(O)O. The molecule has 0 saturated carbocycles. The number of unbranched alkanes of at least 4 members (excludes halogenated alkanes) is 3. The Labute approximate surface area is 62.3 Å². The molecule has 0 atom stereocenters. The van der Waals surface area contributed by atoms with Crippen LogP contribution >= 0.6 is 7.94 Å². The summed E-state index contributed by atoms with van der Waals surface area (Å²) in [5.41, 5.74) is 0. The standard InChI is InChI=1S/C6H17O3P/c1-2-3-4-5-6-10(7,8)9/h7-10H,2-6H2,1H3. The van der Waals surface area contributed by atoms with Crippen molar-refractivity contribution in [2.24, 2.45) is 0 Å². The van der Waals surface area contributed by atoms with E-state index in [1.54, 1.807) is 0 Å². The Morgan fingerprint density at radius 3 is 2.00 bits per heavy atom. The third-order valence-corrected chi connectivity index (χ3v) is 2.39. The zero-order chi connectivity index (χ0) is 8.04. The van der Waals surface area contributed by atoms with Crippen LogP contribution in [0.3, 0.4) is 0 Å². The molecule has 3 nitrogen and oxygen atoms in total. The van der Waals surface area contributed by atoms with E-state index in [0.717, 1.165) is 25.7 Å². The van der Waals surface area contributed by atoms with Crippen LogP contribution in [0.2, 0.25) is 0 Å². The molecule has 0 saturated heterocycles. The molecule has 0 radical (unpaired) electrons. The first-order valence-corrected chi connectivity index (χ1v) is 5.78. The molecule has 0 aromatic rings. The molecular formula is C6H17O3P. The molecule has 0 aromatic heterocycles. The van der Waals surface area contributed by atoms with Gasteiger partial charge in [-0.25, -0.2) is 0 Å². The predicted molar refractivity (Wildman–Crippen MR) is 44.0 cm³/mol. The first kappa shape index (κ1) is 10.3. The molecule has 0 bridgehead atoms. The van der Waals surface area contributed by atoms with E-state index in [0.29, 0.717) is 0 Å². The van der Waals surface area contributed by atoms with Gasteiger partial charge in [0, 0.05) is 0 Å². The summed E-state index contributed by atoms with van der Waals surface area (Å²) < 4.78 is 0. The minimum atomic E-state index is -3.71. The van der Waals surface area contributed by atoms with Crippen molar-refractivity contribution in [1.29, 1.82) is 0 Å². The quantitative estimate of drug-likeness (QED) is 0.424. The molecular weight excluding hydrogens is 151 g/mol. The normalized spacial score (nSPS) is 13.6. The molecule has 64 valence electrons. The summed E-state index contributed by atoms with van der Waals surface area (Å²) in [5.74, 6) is 0. The molecule has 3 N–H and O–H groups in total. The van der Waals surface area contributed by atoms with Gasteiger partial charge in [-0.2, -0.15) is 0 Å². The van der Waals surface area contributed by atoms with E-state index < -0.39 is 7.94 Å². The fourth-order valence-electron chi connectivity index (χ4n) is 0.789. The van der Waals surface area contributed by atoms with Crippen molar-refractivity contribution < 1.29 is 14.7 Å². The summed E-state index contributed by atoms with van der Waals surface area (Å²) in [6, 6.07) is 0. The van der Waals surface area contributed by atoms with E-state index in [4.69, 9.17) is 14.7 Å². The minimum absolute atomic E-state index is 0.188. The predicted octanol–water partition coefficient (Wildman–Crippen LogP) is 1.04. The Morgan fingerprint density at radius 2 is 1.60 bits per heavy atom. The Kier molecular flexibility index (Phi) is 5.18. The first-order chi connectivity index (χ1) is 4.56. The van der Waals surface area contributed by atoms with Crippen molar-refractivity contribution in [2.75, 3.05) is 6.16 Å². The third kappa shape index (κ3) is 8.31. The van der Waals surface area contributed by atoms with Gasteiger partial charge in [-0.3, -0.25) is 0 Å². The molecule has 0 aliphatic heterocycles. The maximum atomic E-state index is 8.57. The van der Waals surface area contributed by atoms with Crippen molar-refractivity contribution >= 4 is 7.94 Å². The molecule has 0 heterocycles. The molecule has 0 rings (SSSR count). The van der Waals surface area contributed by atoms with Gasteiger partial charge in [0.25, 0.3) is 0 Å². The summed E-state index contributed by atoms with van der Waals surface area (Å²) >= 11 is 0. The number of hydrogen-bond donors (Lipinski definition) is 3. The van der Waals surface area contributed by atoms with E-state index in [2.05, 4.69) is 6.92 Å². The Balaban J connectivity index is 3.04. The van der Waals surface area contributed by atoms with Crippen molar-refractivity contribution in [3.8, 4) is 0 Å². The van der Waals surface area contributed by atoms with Crippen molar-refractivity contribution in [2.45, 2.75) is 32.6 Å². The maximum absolute atomic E-state index is 8.57. The zero-order valence-electron chi connectivity index (χ0n) is 6.38. The summed E-state index contributed by atoms with van der Waals surface area (Å²) in [6.07, 6.45) is 4.12. The second-order valence-electron chi connectivity index (χ2n) is 2.59. The Morgan fingerprint density at radius 1 is 1.00 bits per heavy atom. The van der Waals surface area contributed by atoms with E-state index in [-0.39, 0.29) is 6.16 Å². The van der Waals surface area contributed by atoms with Crippen LogP contribution in [0, 0.1) is 0 Å². The van der Waals surface area contributed by atoms with Crippen LogP contribution in [0.1, 0.15) is 32.6 Å². The fourth-order valence-corrected chi connectivity index (χ4v) is 1.51. The van der Waals surface area contributed by atoms with Crippen LogP contribution < -0.4 is 0 Å². The summed E-state index contributed by atoms with van der Waals surface area (Å²) in [7, 11) is -3.71. The molecule has 0 aromatic carbocycles. The third-order valence-electron chi connectivity index (χ3n) is 1.37. The van der Waals surface area contributed by atoms with Crippen LogP contribution in [0.5, 0.6) is 0 Å². The van der Waals surface area contributed by atoms with Crippen LogP contribution in [0.15, 0.2) is 0 Å². The van der Waals surface area contributed by atoms with Crippen LogP contribution in [-0.4, -0.2) is 20.8 Å². The topological polar surface area (TPSA) is 60.7 Å². The van der Waals surface area contributed by atoms with Crippen molar-refractivity contribution in [1.82, 2.24) is 0 Å². The monoisotopic (exact) mass is 168 g/mol. The molecule has 0 unspecified atom stereocenters. The van der Waals surface area contributed by atoms with Gasteiger partial charge >= 0.3 is 61.4 Å². The Bertz CT molecular complexity index is 79.6. The number of hydrogen-bond acceptors (Lipinski definition) is 3. The van der Waals surface area contributed by atoms with Gasteiger partial charge in [-0.1, -0.05) is 0 Å². The van der Waals surface area contributed by atoms with Gasteiger partial charge in [0.15, 0.2) is 0 Å².